The maximum Gasteiger partial charge on any atom is 0.316 e. The molecule has 1 heterocycles. The van der Waals surface area contributed by atoms with Crippen molar-refractivity contribution >= 4 is 40.1 Å². The Morgan fingerprint density at radius 2 is 2.05 bits per heavy atom. The smallest absolute Gasteiger partial charge is 0.316 e. The van der Waals surface area contributed by atoms with Crippen LogP contribution in [0.5, 0.6) is 0 Å². The Labute approximate surface area is 136 Å². The lowest BCUT2D eigenvalue weighted by Gasteiger charge is -2.00. The Kier molecular flexibility index (Phi) is 6.35. The monoisotopic (exact) mass is 337 g/mol. The van der Waals surface area contributed by atoms with Crippen LogP contribution in [-0.4, -0.2) is 34.4 Å². The van der Waals surface area contributed by atoms with Gasteiger partial charge in [-0.1, -0.05) is 53.4 Å². The van der Waals surface area contributed by atoms with E-state index >= 15 is 0 Å². The summed E-state index contributed by atoms with van der Waals surface area (Å²) in [4.78, 5) is 23.1. The summed E-state index contributed by atoms with van der Waals surface area (Å²) in [6, 6.07) is 9.45. The molecule has 0 saturated heterocycles. The molecule has 0 saturated carbocycles. The van der Waals surface area contributed by atoms with Gasteiger partial charge in [0.2, 0.25) is 11.0 Å². The highest BCUT2D eigenvalue weighted by Gasteiger charge is 2.11. The van der Waals surface area contributed by atoms with E-state index in [9.17, 15) is 9.59 Å². The van der Waals surface area contributed by atoms with Crippen molar-refractivity contribution < 1.29 is 14.3 Å². The molecule has 22 heavy (non-hydrogen) atoms. The lowest BCUT2D eigenvalue weighted by Crippen LogP contribution is -2.14. The van der Waals surface area contributed by atoms with Crippen molar-refractivity contribution in [3.63, 3.8) is 0 Å². The van der Waals surface area contributed by atoms with Crippen LogP contribution in [0.3, 0.4) is 0 Å². The standard InChI is InChI=1S/C14H15N3O3S2/c1-2-20-12(19)9-21-14-17-16-13(22-14)15-11(18)8-10-6-4-3-5-7-10/h3-7H,2,8-9H2,1H3,(H,15,16,18). The van der Waals surface area contributed by atoms with Crippen LogP contribution in [0.2, 0.25) is 0 Å². The zero-order valence-electron chi connectivity index (χ0n) is 11.9. The van der Waals surface area contributed by atoms with Gasteiger partial charge in [-0.2, -0.15) is 0 Å². The summed E-state index contributed by atoms with van der Waals surface area (Å²) in [6.45, 7) is 2.12. The van der Waals surface area contributed by atoms with Crippen LogP contribution in [0.15, 0.2) is 34.7 Å². The maximum atomic E-state index is 11.9. The number of ether oxygens (including phenoxy) is 1. The first-order valence-electron chi connectivity index (χ1n) is 6.63. The van der Waals surface area contributed by atoms with Gasteiger partial charge in [-0.05, 0) is 12.5 Å². The summed E-state index contributed by atoms with van der Waals surface area (Å²) in [5, 5.41) is 10.9. The number of carbonyl (C=O) groups is 2. The third kappa shape index (κ3) is 5.45. The number of hydrogen-bond acceptors (Lipinski definition) is 7. The Bertz CT molecular complexity index is 631. The third-order valence-electron chi connectivity index (χ3n) is 2.48. The molecule has 6 nitrogen and oxygen atoms in total. The Balaban J connectivity index is 1.81. The molecule has 0 bridgehead atoms. The Morgan fingerprint density at radius 1 is 1.27 bits per heavy atom. The van der Waals surface area contributed by atoms with E-state index in [1.165, 1.54) is 23.1 Å². The quantitative estimate of drug-likeness (QED) is 0.474. The van der Waals surface area contributed by atoms with E-state index in [0.29, 0.717) is 16.1 Å². The average molecular weight is 337 g/mol. The molecule has 0 fully saturated rings. The molecule has 1 N–H and O–H groups in total. The fraction of sp³-hybridized carbons (Fsp3) is 0.286. The van der Waals surface area contributed by atoms with Gasteiger partial charge in [-0.3, -0.25) is 9.59 Å². The summed E-state index contributed by atoms with van der Waals surface area (Å²) >= 11 is 2.47. The Morgan fingerprint density at radius 3 is 2.77 bits per heavy atom. The summed E-state index contributed by atoms with van der Waals surface area (Å²) in [6.07, 6.45) is 0.283. The SMILES string of the molecule is CCOC(=O)CSc1nnc(NC(=O)Cc2ccccc2)s1. The lowest BCUT2D eigenvalue weighted by atomic mass is 10.1. The minimum absolute atomic E-state index is 0.149. The van der Waals surface area contributed by atoms with Gasteiger partial charge in [0.15, 0.2) is 4.34 Å². The molecule has 0 aliphatic heterocycles. The van der Waals surface area contributed by atoms with Gasteiger partial charge in [0.1, 0.15) is 0 Å². The van der Waals surface area contributed by atoms with Gasteiger partial charge < -0.3 is 10.1 Å². The fourth-order valence-electron chi connectivity index (χ4n) is 1.59. The van der Waals surface area contributed by atoms with E-state index < -0.39 is 0 Å². The summed E-state index contributed by atoms with van der Waals surface area (Å²) in [7, 11) is 0. The molecule has 0 radical (unpaired) electrons. The number of anilines is 1. The molecular weight excluding hydrogens is 322 g/mol. The molecule has 1 aromatic heterocycles. The maximum absolute atomic E-state index is 11.9. The van der Waals surface area contributed by atoms with Crippen molar-refractivity contribution in [2.24, 2.45) is 0 Å². The van der Waals surface area contributed by atoms with Crippen LogP contribution in [0.4, 0.5) is 5.13 Å². The number of nitrogens with one attached hydrogen (secondary N) is 1. The molecule has 0 aliphatic rings. The molecule has 0 unspecified atom stereocenters. The van der Waals surface area contributed by atoms with E-state index in [1.807, 2.05) is 30.3 Å². The lowest BCUT2D eigenvalue weighted by molar-refractivity contribution is -0.139. The van der Waals surface area contributed by atoms with Gasteiger partial charge in [-0.15, -0.1) is 10.2 Å². The predicted molar refractivity (Wildman–Crippen MR) is 86.0 cm³/mol. The highest BCUT2D eigenvalue weighted by atomic mass is 32.2. The molecular formula is C14H15N3O3S2. The van der Waals surface area contributed by atoms with E-state index in [2.05, 4.69) is 15.5 Å². The van der Waals surface area contributed by atoms with Gasteiger partial charge in [-0.25, -0.2) is 0 Å². The molecule has 1 amide bonds. The number of amides is 1. The summed E-state index contributed by atoms with van der Waals surface area (Å²) in [5.74, 6) is -0.262. The van der Waals surface area contributed by atoms with Crippen molar-refractivity contribution in [2.45, 2.75) is 17.7 Å². The topological polar surface area (TPSA) is 81.2 Å². The zero-order chi connectivity index (χ0) is 15.8. The van der Waals surface area contributed by atoms with Gasteiger partial charge in [0.05, 0.1) is 18.8 Å². The summed E-state index contributed by atoms with van der Waals surface area (Å²) in [5.41, 5.74) is 0.932. The predicted octanol–water partition coefficient (Wildman–Crippen LogP) is 2.37. The number of carbonyl (C=O) groups excluding carboxylic acids is 2. The number of rotatable bonds is 7. The highest BCUT2D eigenvalue weighted by Crippen LogP contribution is 2.25. The molecule has 1 aromatic carbocycles. The number of benzene rings is 1. The second-order valence-electron chi connectivity index (χ2n) is 4.18. The first kappa shape index (κ1) is 16.4. The highest BCUT2D eigenvalue weighted by molar-refractivity contribution is 8.01. The van der Waals surface area contributed by atoms with Gasteiger partial charge in [0.25, 0.3) is 0 Å². The van der Waals surface area contributed by atoms with Gasteiger partial charge in [0, 0.05) is 0 Å². The number of hydrogen-bond donors (Lipinski definition) is 1. The minimum Gasteiger partial charge on any atom is -0.465 e. The van der Waals surface area contributed by atoms with Crippen LogP contribution >= 0.6 is 23.1 Å². The van der Waals surface area contributed by atoms with Crippen molar-refractivity contribution in [1.29, 1.82) is 0 Å². The van der Waals surface area contributed by atoms with Crippen LogP contribution in [0, 0.1) is 0 Å². The van der Waals surface area contributed by atoms with E-state index in [0.717, 1.165) is 5.56 Å². The first-order valence-corrected chi connectivity index (χ1v) is 8.43. The second kappa shape index (κ2) is 8.50. The zero-order valence-corrected chi connectivity index (χ0v) is 13.6. The van der Waals surface area contributed by atoms with Gasteiger partial charge >= 0.3 is 5.97 Å². The van der Waals surface area contributed by atoms with E-state index in [1.54, 1.807) is 6.92 Å². The van der Waals surface area contributed by atoms with Crippen LogP contribution in [0.1, 0.15) is 12.5 Å². The van der Waals surface area contributed by atoms with Crippen molar-refractivity contribution in [3.8, 4) is 0 Å². The number of esters is 1. The van der Waals surface area contributed by atoms with Crippen molar-refractivity contribution in [1.82, 2.24) is 10.2 Å². The number of thioether (sulfide) groups is 1. The second-order valence-corrected chi connectivity index (χ2v) is 6.38. The van der Waals surface area contributed by atoms with E-state index in [-0.39, 0.29) is 24.1 Å². The normalized spacial score (nSPS) is 10.2. The number of aromatic nitrogens is 2. The molecule has 8 heteroatoms. The molecule has 2 rings (SSSR count). The van der Waals surface area contributed by atoms with Crippen molar-refractivity contribution in [3.05, 3.63) is 35.9 Å². The molecule has 0 atom stereocenters. The minimum atomic E-state index is -0.294. The first-order chi connectivity index (χ1) is 10.7. The molecule has 0 aliphatic carbocycles. The Hall–Kier alpha value is -1.93. The fourth-order valence-corrected chi connectivity index (χ4v) is 3.15. The van der Waals surface area contributed by atoms with Crippen LogP contribution < -0.4 is 5.32 Å². The summed E-state index contributed by atoms with van der Waals surface area (Å²) < 4.78 is 5.44. The molecule has 2 aromatic rings. The molecule has 0 spiro atoms. The largest absolute Gasteiger partial charge is 0.465 e. The van der Waals surface area contributed by atoms with E-state index in [4.69, 9.17) is 4.74 Å². The van der Waals surface area contributed by atoms with Crippen LogP contribution in [0.25, 0.3) is 0 Å². The third-order valence-corrected chi connectivity index (χ3v) is 4.42. The molecule has 116 valence electrons. The number of nitrogens with zero attached hydrogens (tertiary/aromatic N) is 2. The van der Waals surface area contributed by atoms with Crippen LogP contribution in [-0.2, 0) is 20.7 Å². The average Bonchev–Trinajstić information content (AvgIpc) is 2.94. The van der Waals surface area contributed by atoms with Crippen molar-refractivity contribution in [2.75, 3.05) is 17.7 Å².